The summed E-state index contributed by atoms with van der Waals surface area (Å²) in [4.78, 5) is 17.5. The van der Waals surface area contributed by atoms with Crippen molar-refractivity contribution in [2.45, 2.75) is 19.0 Å². The smallest absolute Gasteiger partial charge is 0.232 e. The van der Waals surface area contributed by atoms with E-state index in [1.54, 1.807) is 22.9 Å². The van der Waals surface area contributed by atoms with Gasteiger partial charge in [-0.25, -0.2) is 4.68 Å². The van der Waals surface area contributed by atoms with E-state index in [0.29, 0.717) is 11.7 Å². The number of carbonyl (C=O) groups is 1. The molecule has 0 spiro atoms. The number of amides is 1. The summed E-state index contributed by atoms with van der Waals surface area (Å²) in [5, 5.41) is 20.5. The van der Waals surface area contributed by atoms with Crippen LogP contribution in [0.25, 0.3) is 0 Å². The van der Waals surface area contributed by atoms with E-state index in [-0.39, 0.29) is 17.7 Å². The molecule has 0 bridgehead atoms. The molecule has 8 heteroatoms. The van der Waals surface area contributed by atoms with Crippen LogP contribution in [0.2, 0.25) is 0 Å². The lowest BCUT2D eigenvalue weighted by Crippen LogP contribution is -2.46. The van der Waals surface area contributed by atoms with Crippen LogP contribution < -0.4 is 15.4 Å². The molecule has 2 heterocycles. The maximum Gasteiger partial charge on any atom is 0.232 e. The van der Waals surface area contributed by atoms with E-state index in [9.17, 15) is 9.90 Å². The molecule has 0 saturated heterocycles. The van der Waals surface area contributed by atoms with Gasteiger partial charge < -0.3 is 20.5 Å². The normalized spacial score (nSPS) is 20.7. The van der Waals surface area contributed by atoms with E-state index >= 15 is 0 Å². The Morgan fingerprint density at radius 3 is 2.79 bits per heavy atom. The number of ether oxygens (including phenoxy) is 1. The van der Waals surface area contributed by atoms with Gasteiger partial charge in [-0.05, 0) is 36.8 Å². The SMILES string of the molecule is COc1cc(C2C(C(=O)Nc3ccccc3)C(C)Nc3ncnn32)ccc1O. The van der Waals surface area contributed by atoms with Gasteiger partial charge in [-0.1, -0.05) is 24.3 Å². The zero-order chi connectivity index (χ0) is 19.7. The highest BCUT2D eigenvalue weighted by atomic mass is 16.5. The van der Waals surface area contributed by atoms with Gasteiger partial charge in [-0.3, -0.25) is 4.79 Å². The minimum Gasteiger partial charge on any atom is -0.504 e. The molecule has 0 aliphatic carbocycles. The van der Waals surface area contributed by atoms with Gasteiger partial charge in [0, 0.05) is 11.7 Å². The summed E-state index contributed by atoms with van der Waals surface area (Å²) < 4.78 is 6.95. The van der Waals surface area contributed by atoms with Crippen molar-refractivity contribution in [2.24, 2.45) is 5.92 Å². The van der Waals surface area contributed by atoms with Crippen LogP contribution in [0.3, 0.4) is 0 Å². The predicted octanol–water partition coefficient (Wildman–Crippen LogP) is 2.65. The first kappa shape index (κ1) is 17.8. The van der Waals surface area contributed by atoms with Gasteiger partial charge in [0.25, 0.3) is 0 Å². The maximum atomic E-state index is 13.2. The molecule has 4 rings (SSSR count). The Balaban J connectivity index is 1.76. The summed E-state index contributed by atoms with van der Waals surface area (Å²) in [6.45, 7) is 1.94. The topological polar surface area (TPSA) is 101 Å². The number of nitrogens with one attached hydrogen (secondary N) is 2. The van der Waals surface area contributed by atoms with Gasteiger partial charge in [0.1, 0.15) is 6.33 Å². The summed E-state index contributed by atoms with van der Waals surface area (Å²) in [6, 6.07) is 13.8. The number of anilines is 2. The van der Waals surface area contributed by atoms with E-state index in [1.807, 2.05) is 37.3 Å². The number of phenols is 1. The third-order valence-electron chi connectivity index (χ3n) is 4.96. The van der Waals surface area contributed by atoms with E-state index in [4.69, 9.17) is 4.74 Å². The fourth-order valence-electron chi connectivity index (χ4n) is 3.62. The van der Waals surface area contributed by atoms with Gasteiger partial charge in [-0.15, -0.1) is 0 Å². The van der Waals surface area contributed by atoms with Crippen molar-refractivity contribution in [1.29, 1.82) is 0 Å². The summed E-state index contributed by atoms with van der Waals surface area (Å²) in [5.74, 6) is 0.367. The van der Waals surface area contributed by atoms with Crippen molar-refractivity contribution in [1.82, 2.24) is 14.8 Å². The largest absolute Gasteiger partial charge is 0.504 e. The summed E-state index contributed by atoms with van der Waals surface area (Å²) in [7, 11) is 1.49. The maximum absolute atomic E-state index is 13.2. The van der Waals surface area contributed by atoms with E-state index in [2.05, 4.69) is 20.7 Å². The van der Waals surface area contributed by atoms with Gasteiger partial charge >= 0.3 is 0 Å². The Kier molecular flexibility index (Phi) is 4.60. The van der Waals surface area contributed by atoms with E-state index in [1.165, 1.54) is 13.4 Å². The fraction of sp³-hybridized carbons (Fsp3) is 0.250. The predicted molar refractivity (Wildman–Crippen MR) is 104 cm³/mol. The average Bonchev–Trinajstić information content (AvgIpc) is 3.16. The number of nitrogens with zero attached hydrogens (tertiary/aromatic N) is 3. The highest BCUT2D eigenvalue weighted by molar-refractivity contribution is 5.94. The monoisotopic (exact) mass is 379 g/mol. The Morgan fingerprint density at radius 1 is 1.25 bits per heavy atom. The number of aromatic nitrogens is 3. The Bertz CT molecular complexity index is 989. The minimum atomic E-state index is -0.469. The highest BCUT2D eigenvalue weighted by Gasteiger charge is 2.41. The number of hydrogen-bond acceptors (Lipinski definition) is 6. The fourth-order valence-corrected chi connectivity index (χ4v) is 3.62. The summed E-state index contributed by atoms with van der Waals surface area (Å²) in [5.41, 5.74) is 1.52. The van der Waals surface area contributed by atoms with Crippen LogP contribution in [0.1, 0.15) is 18.5 Å². The Hall–Kier alpha value is -3.55. The molecule has 3 N–H and O–H groups in total. The number of methoxy groups -OCH3 is 1. The van der Waals surface area contributed by atoms with Crippen LogP contribution in [0, 0.1) is 5.92 Å². The van der Waals surface area contributed by atoms with Gasteiger partial charge in [0.2, 0.25) is 11.9 Å². The standard InChI is InChI=1S/C20H21N5O3/c1-12-17(19(27)24-14-6-4-3-5-7-14)18(25-20(23-12)21-11-22-25)13-8-9-15(26)16(10-13)28-2/h3-12,17-18,26H,1-2H3,(H,24,27)(H,21,22,23). The molecule has 3 aromatic rings. The number of benzene rings is 2. The van der Waals surface area contributed by atoms with Gasteiger partial charge in [0.15, 0.2) is 11.5 Å². The summed E-state index contributed by atoms with van der Waals surface area (Å²) in [6.07, 6.45) is 1.46. The first-order chi connectivity index (χ1) is 13.6. The van der Waals surface area contributed by atoms with Crippen LogP contribution >= 0.6 is 0 Å². The van der Waals surface area contributed by atoms with Crippen molar-refractivity contribution >= 4 is 17.5 Å². The van der Waals surface area contributed by atoms with Crippen LogP contribution in [-0.2, 0) is 4.79 Å². The average molecular weight is 379 g/mol. The zero-order valence-electron chi connectivity index (χ0n) is 15.5. The van der Waals surface area contributed by atoms with Crippen LogP contribution in [-0.4, -0.2) is 38.9 Å². The second-order valence-corrected chi connectivity index (χ2v) is 6.72. The molecule has 0 saturated carbocycles. The lowest BCUT2D eigenvalue weighted by Gasteiger charge is -2.37. The van der Waals surface area contributed by atoms with Crippen molar-refractivity contribution in [2.75, 3.05) is 17.7 Å². The van der Waals surface area contributed by atoms with Crippen LogP contribution in [0.5, 0.6) is 11.5 Å². The highest BCUT2D eigenvalue weighted by Crippen LogP contribution is 2.39. The number of para-hydroxylation sites is 1. The molecule has 144 valence electrons. The van der Waals surface area contributed by atoms with Crippen LogP contribution in [0.15, 0.2) is 54.9 Å². The van der Waals surface area contributed by atoms with Crippen molar-refractivity contribution < 1.29 is 14.6 Å². The number of aromatic hydroxyl groups is 1. The molecule has 3 unspecified atom stereocenters. The van der Waals surface area contributed by atoms with Crippen molar-refractivity contribution in [3.8, 4) is 11.5 Å². The first-order valence-corrected chi connectivity index (χ1v) is 8.97. The quantitative estimate of drug-likeness (QED) is 0.644. The molecule has 28 heavy (non-hydrogen) atoms. The van der Waals surface area contributed by atoms with Crippen molar-refractivity contribution in [3.63, 3.8) is 0 Å². The van der Waals surface area contributed by atoms with Gasteiger partial charge in [0.05, 0.1) is 19.1 Å². The Labute approximate surface area is 162 Å². The molecule has 3 atom stereocenters. The van der Waals surface area contributed by atoms with Crippen molar-refractivity contribution in [3.05, 3.63) is 60.4 Å². The second-order valence-electron chi connectivity index (χ2n) is 6.72. The third kappa shape index (κ3) is 3.13. The molecule has 0 fully saturated rings. The summed E-state index contributed by atoms with van der Waals surface area (Å²) >= 11 is 0. The molecule has 1 aliphatic heterocycles. The molecule has 2 aromatic carbocycles. The third-order valence-corrected chi connectivity index (χ3v) is 4.96. The number of rotatable bonds is 4. The molecular formula is C20H21N5O3. The molecule has 1 amide bonds. The first-order valence-electron chi connectivity index (χ1n) is 8.97. The number of hydrogen-bond donors (Lipinski definition) is 3. The number of phenolic OH excluding ortho intramolecular Hbond substituents is 1. The lowest BCUT2D eigenvalue weighted by molar-refractivity contribution is -0.121. The number of carbonyl (C=O) groups excluding carboxylic acids is 1. The Morgan fingerprint density at radius 2 is 2.04 bits per heavy atom. The molecule has 0 radical (unpaired) electrons. The van der Waals surface area contributed by atoms with Crippen LogP contribution in [0.4, 0.5) is 11.6 Å². The number of fused-ring (bicyclic) bond motifs is 1. The molecule has 1 aromatic heterocycles. The molecule has 8 nitrogen and oxygen atoms in total. The van der Waals surface area contributed by atoms with Gasteiger partial charge in [-0.2, -0.15) is 10.1 Å². The molecule has 1 aliphatic rings. The van der Waals surface area contributed by atoms with E-state index < -0.39 is 12.0 Å². The van der Waals surface area contributed by atoms with E-state index in [0.717, 1.165) is 11.3 Å². The zero-order valence-corrected chi connectivity index (χ0v) is 15.5. The molecular weight excluding hydrogens is 358 g/mol. The second kappa shape index (κ2) is 7.22. The minimum absolute atomic E-state index is 0.0392. The lowest BCUT2D eigenvalue weighted by atomic mass is 9.85.